The number of nitrogens with one attached hydrogen (secondary N) is 1. The van der Waals surface area contributed by atoms with Gasteiger partial charge in [-0.3, -0.25) is 16.0 Å². The van der Waals surface area contributed by atoms with Crippen molar-refractivity contribution in [3.8, 4) is 0 Å². The normalized spacial score (nSPS) is 12.8. The van der Waals surface area contributed by atoms with Crippen LogP contribution >= 0.6 is 0 Å². The summed E-state index contributed by atoms with van der Waals surface area (Å²) in [5, 5.41) is 7.56. The summed E-state index contributed by atoms with van der Waals surface area (Å²) in [7, 11) is 1.83. The Labute approximate surface area is 71.2 Å². The molecule has 0 saturated carbocycles. The van der Waals surface area contributed by atoms with Crippen LogP contribution in [0.25, 0.3) is 0 Å². The van der Waals surface area contributed by atoms with Crippen LogP contribution in [0.1, 0.15) is 18.2 Å². The summed E-state index contributed by atoms with van der Waals surface area (Å²) in [5.41, 5.74) is 3.63. The molecule has 66 valence electrons. The van der Waals surface area contributed by atoms with E-state index in [2.05, 4.69) is 22.3 Å². The second kappa shape index (κ2) is 3.99. The van der Waals surface area contributed by atoms with Gasteiger partial charge < -0.3 is 0 Å². The lowest BCUT2D eigenvalue weighted by Crippen LogP contribution is -2.29. The van der Waals surface area contributed by atoms with E-state index in [9.17, 15) is 0 Å². The lowest BCUT2D eigenvalue weighted by atomic mass is 10.1. The number of hydrazine groups is 1. The Morgan fingerprint density at radius 3 is 3.08 bits per heavy atom. The summed E-state index contributed by atoms with van der Waals surface area (Å²) in [4.78, 5) is 0. The fraction of sp³-hybridized carbons (Fsp3) is 0.429. The van der Waals surface area contributed by atoms with E-state index in [0.29, 0.717) is 0 Å². The zero-order chi connectivity index (χ0) is 8.97. The average molecular weight is 167 g/mol. The zero-order valence-electron chi connectivity index (χ0n) is 7.07. The predicted molar refractivity (Wildman–Crippen MR) is 45.9 cm³/mol. The Hall–Kier alpha value is -1.20. The fourth-order valence-corrected chi connectivity index (χ4v) is 1.05. The van der Waals surface area contributed by atoms with Crippen molar-refractivity contribution < 1.29 is 0 Å². The molecular formula is C7H13N5. The smallest absolute Gasteiger partial charge is 0.0769 e. The van der Waals surface area contributed by atoms with Crippen LogP contribution in [0.2, 0.25) is 0 Å². The highest BCUT2D eigenvalue weighted by molar-refractivity contribution is 5.02. The van der Waals surface area contributed by atoms with Crippen molar-refractivity contribution in [2.75, 3.05) is 0 Å². The number of nitrogens with zero attached hydrogens (tertiary/aromatic N) is 3. The van der Waals surface area contributed by atoms with Crippen molar-refractivity contribution in [3.05, 3.63) is 24.5 Å². The Morgan fingerprint density at radius 2 is 2.67 bits per heavy atom. The van der Waals surface area contributed by atoms with Gasteiger partial charge in [-0.15, -0.1) is 11.7 Å². The molecule has 0 aliphatic heterocycles. The van der Waals surface area contributed by atoms with Gasteiger partial charge in [0.2, 0.25) is 0 Å². The van der Waals surface area contributed by atoms with Crippen LogP contribution in [0, 0.1) is 0 Å². The number of hydrogen-bond acceptors (Lipinski definition) is 4. The first-order valence-electron chi connectivity index (χ1n) is 3.71. The van der Waals surface area contributed by atoms with E-state index in [0.717, 1.165) is 12.1 Å². The lowest BCUT2D eigenvalue weighted by molar-refractivity contribution is 0.514. The number of nitrogens with two attached hydrogens (primary N) is 1. The topological polar surface area (TPSA) is 68.8 Å². The molecule has 1 aromatic rings. The molecule has 3 N–H and O–H groups in total. The molecule has 0 radical (unpaired) electrons. The van der Waals surface area contributed by atoms with E-state index in [1.165, 1.54) is 0 Å². The molecule has 1 aromatic heterocycles. The fourth-order valence-electron chi connectivity index (χ4n) is 1.05. The standard InChI is InChI=1S/C7H13N5/c1-3-4-6(10-8)7-5-9-11-12(7)2/h3,5-6,10H,1,4,8H2,2H3. The molecule has 1 rings (SSSR count). The van der Waals surface area contributed by atoms with E-state index in [1.54, 1.807) is 17.0 Å². The zero-order valence-corrected chi connectivity index (χ0v) is 7.07. The lowest BCUT2D eigenvalue weighted by Gasteiger charge is -2.12. The van der Waals surface area contributed by atoms with Gasteiger partial charge in [-0.1, -0.05) is 11.3 Å². The third-order valence-corrected chi connectivity index (χ3v) is 1.71. The van der Waals surface area contributed by atoms with Crippen LogP contribution in [0.3, 0.4) is 0 Å². The van der Waals surface area contributed by atoms with E-state index < -0.39 is 0 Å². The van der Waals surface area contributed by atoms with E-state index in [1.807, 2.05) is 7.05 Å². The molecule has 0 amide bonds. The summed E-state index contributed by atoms with van der Waals surface area (Å²) < 4.78 is 1.69. The summed E-state index contributed by atoms with van der Waals surface area (Å²) in [6, 6.07) is 0.0440. The average Bonchev–Trinajstić information content (AvgIpc) is 2.47. The van der Waals surface area contributed by atoms with Gasteiger partial charge >= 0.3 is 0 Å². The van der Waals surface area contributed by atoms with Crippen LogP contribution < -0.4 is 11.3 Å². The maximum Gasteiger partial charge on any atom is 0.0769 e. The summed E-state index contributed by atoms with van der Waals surface area (Å²) in [6.45, 7) is 3.64. The van der Waals surface area contributed by atoms with Crippen LogP contribution in [0.5, 0.6) is 0 Å². The summed E-state index contributed by atoms with van der Waals surface area (Å²) >= 11 is 0. The highest BCUT2D eigenvalue weighted by Gasteiger charge is 2.11. The van der Waals surface area contributed by atoms with Gasteiger partial charge in [0.1, 0.15) is 0 Å². The first-order chi connectivity index (χ1) is 5.79. The van der Waals surface area contributed by atoms with Gasteiger partial charge in [0.05, 0.1) is 17.9 Å². The first-order valence-corrected chi connectivity index (χ1v) is 3.71. The molecule has 0 aromatic carbocycles. The third-order valence-electron chi connectivity index (χ3n) is 1.71. The molecule has 1 atom stereocenters. The molecule has 5 heteroatoms. The first kappa shape index (κ1) is 8.89. The SMILES string of the molecule is C=CCC(NN)c1cnnn1C. The predicted octanol–water partition coefficient (Wildman–Crippen LogP) is -0.104. The van der Waals surface area contributed by atoms with Crippen molar-refractivity contribution >= 4 is 0 Å². The quantitative estimate of drug-likeness (QED) is 0.373. The van der Waals surface area contributed by atoms with Gasteiger partial charge in [0, 0.05) is 7.05 Å². The summed E-state index contributed by atoms with van der Waals surface area (Å²) in [5.74, 6) is 5.35. The van der Waals surface area contributed by atoms with Crippen LogP contribution in [0.15, 0.2) is 18.9 Å². The second-order valence-electron chi connectivity index (χ2n) is 2.53. The van der Waals surface area contributed by atoms with Gasteiger partial charge in [0.25, 0.3) is 0 Å². The largest absolute Gasteiger partial charge is 0.271 e. The maximum absolute atomic E-state index is 5.35. The van der Waals surface area contributed by atoms with Crippen molar-refractivity contribution in [2.24, 2.45) is 12.9 Å². The molecular weight excluding hydrogens is 154 g/mol. The Morgan fingerprint density at radius 1 is 1.92 bits per heavy atom. The number of rotatable bonds is 4. The molecule has 12 heavy (non-hydrogen) atoms. The minimum absolute atomic E-state index is 0.0440. The van der Waals surface area contributed by atoms with Crippen molar-refractivity contribution in [2.45, 2.75) is 12.5 Å². The highest BCUT2D eigenvalue weighted by Crippen LogP contribution is 2.12. The molecule has 0 aliphatic carbocycles. The van der Waals surface area contributed by atoms with E-state index >= 15 is 0 Å². The molecule has 0 spiro atoms. The molecule has 0 fully saturated rings. The van der Waals surface area contributed by atoms with E-state index in [-0.39, 0.29) is 6.04 Å². The molecule has 1 heterocycles. The van der Waals surface area contributed by atoms with Gasteiger partial charge in [0.15, 0.2) is 0 Å². The number of hydrogen-bond donors (Lipinski definition) is 2. The van der Waals surface area contributed by atoms with Gasteiger partial charge in [-0.2, -0.15) is 0 Å². The highest BCUT2D eigenvalue weighted by atomic mass is 15.4. The Kier molecular flexibility index (Phi) is 2.95. The van der Waals surface area contributed by atoms with Crippen molar-refractivity contribution in [3.63, 3.8) is 0 Å². The maximum atomic E-state index is 5.35. The van der Waals surface area contributed by atoms with Gasteiger partial charge in [-0.25, -0.2) is 0 Å². The molecule has 0 bridgehead atoms. The van der Waals surface area contributed by atoms with Crippen LogP contribution in [-0.2, 0) is 7.05 Å². The summed E-state index contributed by atoms with van der Waals surface area (Å²) in [6.07, 6.45) is 4.25. The molecule has 0 saturated heterocycles. The minimum Gasteiger partial charge on any atom is -0.271 e. The van der Waals surface area contributed by atoms with E-state index in [4.69, 9.17) is 5.84 Å². The third kappa shape index (κ3) is 1.69. The Bertz CT molecular complexity index is 254. The second-order valence-corrected chi connectivity index (χ2v) is 2.53. The van der Waals surface area contributed by atoms with Crippen LogP contribution in [0.4, 0.5) is 0 Å². The van der Waals surface area contributed by atoms with Crippen LogP contribution in [-0.4, -0.2) is 15.0 Å². The minimum atomic E-state index is 0.0440. The number of aryl methyl sites for hydroxylation is 1. The molecule has 5 nitrogen and oxygen atoms in total. The number of aromatic nitrogens is 3. The van der Waals surface area contributed by atoms with Crippen molar-refractivity contribution in [1.82, 2.24) is 20.4 Å². The molecule has 0 aliphatic rings. The van der Waals surface area contributed by atoms with Gasteiger partial charge in [-0.05, 0) is 6.42 Å². The molecule has 1 unspecified atom stereocenters. The monoisotopic (exact) mass is 167 g/mol. The Balaban J connectivity index is 2.78. The van der Waals surface area contributed by atoms with Crippen molar-refractivity contribution in [1.29, 1.82) is 0 Å².